The second kappa shape index (κ2) is 319. The van der Waals surface area contributed by atoms with Gasteiger partial charge in [0.2, 0.25) is 0 Å². The summed E-state index contributed by atoms with van der Waals surface area (Å²) in [5.74, 6) is 3.97. The van der Waals surface area contributed by atoms with Crippen molar-refractivity contribution in [3.63, 3.8) is 0 Å². The SMILES string of the molecule is O.O.[Be+2].[CH3-].[CH3-].[CH3][Al][NH2].[CH3][Al][NH2].[NH2-].[NH2-].[NH2-].[OH-].[Zn]. The molecule has 0 aromatic heterocycles. The third kappa shape index (κ3) is 1390. The van der Waals surface area contributed by atoms with E-state index in [2.05, 4.69) is 0 Å². The first-order valence-corrected chi connectivity index (χ1v) is 5.46. The maximum atomic E-state index is 4.93. The van der Waals surface area contributed by atoms with Gasteiger partial charge in [0.25, 0.3) is 0 Å². The fraction of sp³-hybridized carbons (Fsp3) is 0.500. The minimum absolute atomic E-state index is 0. The Morgan fingerprint density at radius 3 is 0.750 bits per heavy atom. The van der Waals surface area contributed by atoms with Crippen molar-refractivity contribution in [3.8, 4) is 0 Å². The van der Waals surface area contributed by atoms with Crippen LogP contribution < -0.4 is 9.43 Å². The predicted molar refractivity (Wildman–Crippen MR) is 75.2 cm³/mol. The van der Waals surface area contributed by atoms with Crippen LogP contribution in [0.15, 0.2) is 0 Å². The Kier molecular flexibility index (Phi) is 3120. The van der Waals surface area contributed by atoms with Crippen molar-refractivity contribution in [2.75, 3.05) is 0 Å². The van der Waals surface area contributed by atoms with Gasteiger partial charge in [-0.15, -0.1) is 0 Å². The number of nitrogens with two attached hydrogens (primary N) is 5. The topological polar surface area (TPSA) is 246 Å². The monoisotopic (exact) mass is 320 g/mol. The summed E-state index contributed by atoms with van der Waals surface area (Å²) in [6.07, 6.45) is 0. The van der Waals surface area contributed by atoms with Crippen LogP contribution in [0.1, 0.15) is 0 Å². The summed E-state index contributed by atoms with van der Waals surface area (Å²) >= 11 is 0.500. The summed E-state index contributed by atoms with van der Waals surface area (Å²) in [6.45, 7) is 0. The Balaban J connectivity index is -0.00000000123. The Morgan fingerprint density at radius 1 is 0.750 bits per heavy atom. The molecule has 0 aromatic rings. The molecule has 15 N–H and O–H groups in total. The third-order valence-electron chi connectivity index (χ3n) is 0. The van der Waals surface area contributed by atoms with Crippen LogP contribution in [0.5, 0.6) is 0 Å². The van der Waals surface area contributed by atoms with Crippen molar-refractivity contribution < 1.29 is 35.9 Å². The fourth-order valence-corrected chi connectivity index (χ4v) is 0. The van der Waals surface area contributed by atoms with E-state index in [0.717, 1.165) is 0 Å². The van der Waals surface area contributed by atoms with Gasteiger partial charge in [-0.25, -0.2) is 0 Å². The molecule has 2 radical (unpaired) electrons. The van der Waals surface area contributed by atoms with Crippen LogP contribution in [-0.2, 0) is 19.5 Å². The molecular formula is C4H27Al2BeN5O3Zn-4. The summed E-state index contributed by atoms with van der Waals surface area (Å²) in [4.78, 5) is 0. The molecule has 0 aliphatic heterocycles. The second-order valence-electron chi connectivity index (χ2n) is 0.667. The van der Waals surface area contributed by atoms with Crippen LogP contribution in [-0.4, -0.2) is 57.4 Å². The molecule has 0 bridgehead atoms. The first-order valence-electron chi connectivity index (χ1n) is 1.82. The predicted octanol–water partition coefficient (Wildman–Crippen LogP) is 0.0672. The molecule has 12 heteroatoms. The number of hydrogen-bond acceptors (Lipinski definition) is 3. The molecule has 0 spiro atoms. The van der Waals surface area contributed by atoms with Crippen LogP contribution in [0.3, 0.4) is 0 Å². The zero-order valence-corrected chi connectivity index (χ0v) is 16.2. The molecule has 0 unspecified atom stereocenters. The van der Waals surface area contributed by atoms with Gasteiger partial charge in [-0.2, -0.15) is 0 Å². The number of hydrogen-bond donors (Lipinski definition) is 2. The second-order valence-corrected chi connectivity index (χ2v) is 2.00. The van der Waals surface area contributed by atoms with Gasteiger partial charge in [0, 0.05) is 19.5 Å². The molecule has 16 heavy (non-hydrogen) atoms. The van der Waals surface area contributed by atoms with E-state index in [-0.39, 0.29) is 110 Å². The summed E-state index contributed by atoms with van der Waals surface area (Å²) < 4.78 is 9.86. The molecule has 0 aliphatic rings. The third-order valence-corrected chi connectivity index (χ3v) is 0. The first-order chi connectivity index (χ1) is 2.83. The summed E-state index contributed by atoms with van der Waals surface area (Å²) in [5.41, 5.74) is 0. The first kappa shape index (κ1) is 156. The van der Waals surface area contributed by atoms with Gasteiger partial charge >= 0.3 is 41.0 Å². The van der Waals surface area contributed by atoms with E-state index in [1.807, 2.05) is 11.6 Å². The number of rotatable bonds is 0. The van der Waals surface area contributed by atoms with Gasteiger partial charge in [-0.1, -0.05) is 11.6 Å². The molecule has 0 saturated carbocycles. The minimum atomic E-state index is 0. The van der Waals surface area contributed by atoms with Gasteiger partial charge in [0.15, 0.2) is 0 Å². The molecule has 0 aromatic carbocycles. The maximum Gasteiger partial charge on any atom is 2.00 e. The average Bonchev–Trinajstić information content (AvgIpc) is 1.39. The smallest absolute Gasteiger partial charge is 0.870 e. The van der Waals surface area contributed by atoms with E-state index in [9.17, 15) is 0 Å². The van der Waals surface area contributed by atoms with Crippen molar-refractivity contribution >= 4 is 41.0 Å². The van der Waals surface area contributed by atoms with Crippen molar-refractivity contribution in [1.29, 1.82) is 0 Å². The van der Waals surface area contributed by atoms with Gasteiger partial charge in [0.05, 0.1) is 0 Å². The standard InChI is InChI=1S/4CH3.2Al.Be.5H2N.3H2O.Zn/h4*1H3;;;;8*1H2;/q;;2*-1;2*+1;+2;5*-1;;;;/p-1. The Bertz CT molecular complexity index is 39.6. The Labute approximate surface area is 131 Å². The Hall–Kier alpha value is 1.54. The van der Waals surface area contributed by atoms with E-state index in [0.29, 0.717) is 0 Å². The maximum absolute atomic E-state index is 4.93. The zero-order chi connectivity index (χ0) is 5.41. The van der Waals surface area contributed by atoms with Crippen LogP contribution in [0.2, 0.25) is 11.6 Å². The van der Waals surface area contributed by atoms with E-state index in [1.165, 1.54) is 0 Å². The van der Waals surface area contributed by atoms with Crippen molar-refractivity contribution in [3.05, 3.63) is 33.3 Å². The van der Waals surface area contributed by atoms with Gasteiger partial charge in [-0.3, -0.25) is 0 Å². The molecule has 0 heterocycles. The summed E-state index contributed by atoms with van der Waals surface area (Å²) in [7, 11) is 0. The van der Waals surface area contributed by atoms with Crippen LogP contribution >= 0.6 is 0 Å². The van der Waals surface area contributed by atoms with E-state index in [1.54, 1.807) is 0 Å². The summed E-state index contributed by atoms with van der Waals surface area (Å²) in [6, 6.07) is 0. The van der Waals surface area contributed by atoms with E-state index < -0.39 is 0 Å². The van der Waals surface area contributed by atoms with Crippen molar-refractivity contribution in [2.24, 2.45) is 9.43 Å². The van der Waals surface area contributed by atoms with Gasteiger partial charge in [0.1, 0.15) is 0 Å². The molecule has 0 aliphatic carbocycles. The van der Waals surface area contributed by atoms with Crippen LogP contribution in [0, 0.1) is 14.9 Å². The molecule has 0 rings (SSSR count). The molecule has 100 valence electrons. The molecule has 8 nitrogen and oxygen atoms in total. The van der Waals surface area contributed by atoms with Crippen molar-refractivity contribution in [1.82, 2.24) is 0 Å². The molecule has 0 amide bonds. The van der Waals surface area contributed by atoms with Gasteiger partial charge in [-0.05, 0) is 0 Å². The van der Waals surface area contributed by atoms with E-state index >= 15 is 0 Å². The Morgan fingerprint density at radius 2 is 0.750 bits per heavy atom. The van der Waals surface area contributed by atoms with Crippen LogP contribution in [0.4, 0.5) is 0 Å². The molecule has 0 saturated heterocycles. The molecule has 0 atom stereocenters. The average molecular weight is 322 g/mol. The van der Waals surface area contributed by atoms with Crippen molar-refractivity contribution in [2.45, 2.75) is 11.6 Å². The van der Waals surface area contributed by atoms with E-state index in [4.69, 9.17) is 9.43 Å². The quantitative estimate of drug-likeness (QED) is 0.464. The normalized spacial score (nSPS) is 1.75. The minimum Gasteiger partial charge on any atom is -0.870 e. The van der Waals surface area contributed by atoms with Gasteiger partial charge < -0.3 is 59.2 Å². The summed E-state index contributed by atoms with van der Waals surface area (Å²) in [5, 5.41) is 0. The fourth-order valence-electron chi connectivity index (χ4n) is 0. The zero-order valence-electron chi connectivity index (χ0n) is 10.9. The van der Waals surface area contributed by atoms with Crippen LogP contribution in [0.25, 0.3) is 18.5 Å². The largest absolute Gasteiger partial charge is 2.00 e. The molecule has 0 fully saturated rings. The molecular weight excluding hydrogens is 294 g/mol.